The van der Waals surface area contributed by atoms with Crippen molar-refractivity contribution in [3.8, 4) is 11.3 Å². The second-order valence-corrected chi connectivity index (χ2v) is 11.1. The molecule has 1 amide bonds. The van der Waals surface area contributed by atoms with E-state index in [4.69, 9.17) is 0 Å². The number of nitrogens with one attached hydrogen (secondary N) is 1. The molecule has 1 saturated heterocycles. The number of hydrogen-bond acceptors (Lipinski definition) is 6. The van der Waals surface area contributed by atoms with E-state index in [-0.39, 0.29) is 40.1 Å². The lowest BCUT2D eigenvalue weighted by atomic mass is 10.1. The zero-order valence-corrected chi connectivity index (χ0v) is 20.6. The predicted molar refractivity (Wildman–Crippen MR) is 123 cm³/mol. The number of aromatic nitrogens is 3. The smallest absolute Gasteiger partial charge is 0.351 e. The first-order valence-corrected chi connectivity index (χ1v) is 13.0. The van der Waals surface area contributed by atoms with E-state index in [1.807, 2.05) is 0 Å². The van der Waals surface area contributed by atoms with Crippen molar-refractivity contribution in [1.29, 1.82) is 0 Å². The highest BCUT2D eigenvalue weighted by atomic mass is 32.2. The number of fused-ring (bicyclic) bond motifs is 1. The standard InChI is InChI=1S/C24H19F6N5O3S/c25-15-1-3-16(4-2-15)39(37,38)35-11-13-5-17(13)20(35)22(36)32-7-12-6-19(31-10-18(12)21(26)27)14-8-33-23(34-9-14)24(28,29)30/h1-4,6,8-10,13,17,20-21H,5,7,11H2,(H,32,36). The number of alkyl halides is 5. The van der Waals surface area contributed by atoms with Gasteiger partial charge in [0, 0.05) is 42.8 Å². The van der Waals surface area contributed by atoms with E-state index in [0.29, 0.717) is 6.42 Å². The van der Waals surface area contributed by atoms with E-state index in [1.165, 1.54) is 6.07 Å². The highest BCUT2D eigenvalue weighted by molar-refractivity contribution is 7.89. The molecule has 1 saturated carbocycles. The molecule has 1 aromatic carbocycles. The monoisotopic (exact) mass is 571 g/mol. The minimum atomic E-state index is -4.76. The van der Waals surface area contributed by atoms with Crippen molar-refractivity contribution in [2.45, 2.75) is 36.5 Å². The van der Waals surface area contributed by atoms with Crippen LogP contribution in [0.5, 0.6) is 0 Å². The van der Waals surface area contributed by atoms with Crippen LogP contribution in [0.2, 0.25) is 0 Å². The summed E-state index contributed by atoms with van der Waals surface area (Å²) >= 11 is 0. The number of nitrogens with zero attached hydrogens (tertiary/aromatic N) is 4. The van der Waals surface area contributed by atoms with E-state index >= 15 is 0 Å². The Kier molecular flexibility index (Phi) is 6.83. The maximum atomic E-state index is 13.7. The second kappa shape index (κ2) is 9.86. The van der Waals surface area contributed by atoms with Crippen LogP contribution >= 0.6 is 0 Å². The molecule has 3 heterocycles. The van der Waals surface area contributed by atoms with E-state index in [9.17, 15) is 39.6 Å². The van der Waals surface area contributed by atoms with E-state index < -0.39 is 58.3 Å². The van der Waals surface area contributed by atoms with Crippen LogP contribution in [0, 0.1) is 17.7 Å². The number of amides is 1. The van der Waals surface area contributed by atoms with Gasteiger partial charge in [0.2, 0.25) is 21.8 Å². The first-order chi connectivity index (χ1) is 18.4. The van der Waals surface area contributed by atoms with Crippen LogP contribution in [0.1, 0.15) is 29.8 Å². The molecule has 2 aliphatic rings. The minimum absolute atomic E-state index is 0.000936. The largest absolute Gasteiger partial charge is 0.451 e. The molecule has 3 aromatic rings. The molecule has 0 bridgehead atoms. The first-order valence-electron chi connectivity index (χ1n) is 11.6. The number of sulfonamides is 1. The molecule has 1 N–H and O–H groups in total. The van der Waals surface area contributed by atoms with Crippen LogP contribution < -0.4 is 5.32 Å². The summed E-state index contributed by atoms with van der Waals surface area (Å²) in [5.74, 6) is -2.96. The zero-order chi connectivity index (χ0) is 28.1. The summed E-state index contributed by atoms with van der Waals surface area (Å²) in [5.41, 5.74) is -0.550. The van der Waals surface area contributed by atoms with Crippen molar-refractivity contribution in [2.24, 2.45) is 11.8 Å². The first kappa shape index (κ1) is 27.0. The fourth-order valence-electron chi connectivity index (χ4n) is 4.65. The Morgan fingerprint density at radius 3 is 2.36 bits per heavy atom. The lowest BCUT2D eigenvalue weighted by molar-refractivity contribution is -0.145. The second-order valence-electron chi connectivity index (χ2n) is 9.21. The van der Waals surface area contributed by atoms with Gasteiger partial charge in [0.1, 0.15) is 11.9 Å². The van der Waals surface area contributed by atoms with Crippen LogP contribution in [-0.2, 0) is 27.5 Å². The molecule has 1 aliphatic heterocycles. The van der Waals surface area contributed by atoms with Gasteiger partial charge in [-0.1, -0.05) is 0 Å². The lowest BCUT2D eigenvalue weighted by Crippen LogP contribution is -2.48. The summed E-state index contributed by atoms with van der Waals surface area (Å²) in [6.07, 6.45) is -4.56. The van der Waals surface area contributed by atoms with Crippen LogP contribution in [-0.4, -0.2) is 46.2 Å². The van der Waals surface area contributed by atoms with Gasteiger partial charge in [-0.15, -0.1) is 0 Å². The van der Waals surface area contributed by atoms with Crippen molar-refractivity contribution in [3.05, 3.63) is 71.7 Å². The molecule has 5 rings (SSSR count). The quantitative estimate of drug-likeness (QED) is 0.431. The number of carbonyl (C=O) groups is 1. The highest BCUT2D eigenvalue weighted by Crippen LogP contribution is 2.51. The average molecular weight is 572 g/mol. The van der Waals surface area contributed by atoms with E-state index in [2.05, 4.69) is 20.3 Å². The van der Waals surface area contributed by atoms with Gasteiger partial charge in [-0.2, -0.15) is 17.5 Å². The number of carbonyl (C=O) groups excluding carboxylic acids is 1. The summed E-state index contributed by atoms with van der Waals surface area (Å²) in [7, 11) is -4.13. The van der Waals surface area contributed by atoms with Crippen molar-refractivity contribution in [2.75, 3.05) is 6.54 Å². The Labute approximate surface area is 218 Å². The SMILES string of the molecule is O=C(NCc1cc(-c2cnc(C(F)(F)F)nc2)ncc1C(F)F)C1C2CC2CN1S(=O)(=O)c1ccc(F)cc1. The fraction of sp³-hybridized carbons (Fsp3) is 0.333. The minimum Gasteiger partial charge on any atom is -0.351 e. The highest BCUT2D eigenvalue weighted by Gasteiger charge is 2.58. The van der Waals surface area contributed by atoms with Crippen molar-refractivity contribution >= 4 is 15.9 Å². The molecule has 3 atom stereocenters. The average Bonchev–Trinajstić information content (AvgIpc) is 3.55. The molecule has 15 heteroatoms. The Morgan fingerprint density at radius 2 is 1.74 bits per heavy atom. The maximum absolute atomic E-state index is 13.7. The summed E-state index contributed by atoms with van der Waals surface area (Å²) in [4.78, 5) is 23.3. The van der Waals surface area contributed by atoms with Gasteiger partial charge in [-0.25, -0.2) is 31.6 Å². The van der Waals surface area contributed by atoms with Crippen LogP contribution in [0.25, 0.3) is 11.3 Å². The number of halogens is 6. The van der Waals surface area contributed by atoms with Gasteiger partial charge < -0.3 is 5.32 Å². The van der Waals surface area contributed by atoms with Crippen molar-refractivity contribution < 1.29 is 39.6 Å². The third-order valence-corrected chi connectivity index (χ3v) is 8.57. The van der Waals surface area contributed by atoms with Gasteiger partial charge in [-0.05, 0) is 54.2 Å². The normalized spacial score (nSPS) is 21.2. The maximum Gasteiger partial charge on any atom is 0.451 e. The topological polar surface area (TPSA) is 105 Å². The Balaban J connectivity index is 1.36. The summed E-state index contributed by atoms with van der Waals surface area (Å²) < 4.78 is 106. The summed E-state index contributed by atoms with van der Waals surface area (Å²) in [6, 6.07) is 4.28. The molecule has 39 heavy (non-hydrogen) atoms. The number of benzene rings is 1. The van der Waals surface area contributed by atoms with Crippen molar-refractivity contribution in [3.63, 3.8) is 0 Å². The van der Waals surface area contributed by atoms with E-state index in [1.54, 1.807) is 0 Å². The van der Waals surface area contributed by atoms with Gasteiger partial charge in [-0.3, -0.25) is 9.78 Å². The molecule has 2 fully saturated rings. The third-order valence-electron chi connectivity index (χ3n) is 6.71. The molecule has 2 aromatic heterocycles. The molecule has 8 nitrogen and oxygen atoms in total. The molecule has 1 aliphatic carbocycles. The van der Waals surface area contributed by atoms with Crippen LogP contribution in [0.15, 0.2) is 53.8 Å². The molecule has 3 unspecified atom stereocenters. The molecule has 0 spiro atoms. The van der Waals surface area contributed by atoms with Crippen molar-refractivity contribution in [1.82, 2.24) is 24.6 Å². The Hall–Kier alpha value is -3.59. The van der Waals surface area contributed by atoms with Gasteiger partial charge >= 0.3 is 6.18 Å². The van der Waals surface area contributed by atoms with Crippen LogP contribution in [0.4, 0.5) is 26.3 Å². The summed E-state index contributed by atoms with van der Waals surface area (Å²) in [6.45, 7) is -0.327. The number of pyridine rings is 1. The fourth-order valence-corrected chi connectivity index (χ4v) is 6.34. The Bertz CT molecular complexity index is 1500. The summed E-state index contributed by atoms with van der Waals surface area (Å²) in [5, 5.41) is 2.52. The molecular weight excluding hydrogens is 552 g/mol. The number of piperidine rings is 1. The molecule has 206 valence electrons. The molecule has 0 radical (unpaired) electrons. The number of rotatable bonds is 7. The third kappa shape index (κ3) is 5.32. The van der Waals surface area contributed by atoms with Crippen LogP contribution in [0.3, 0.4) is 0 Å². The van der Waals surface area contributed by atoms with E-state index in [0.717, 1.165) is 47.2 Å². The zero-order valence-electron chi connectivity index (χ0n) is 19.7. The molecular formula is C24H19F6N5O3S. The lowest BCUT2D eigenvalue weighted by Gasteiger charge is -2.26. The van der Waals surface area contributed by atoms with Gasteiger partial charge in [0.15, 0.2) is 0 Å². The Morgan fingerprint density at radius 1 is 1.08 bits per heavy atom. The van der Waals surface area contributed by atoms with Gasteiger partial charge in [0.25, 0.3) is 6.43 Å². The predicted octanol–water partition coefficient (Wildman–Crippen LogP) is 3.96. The number of hydrogen-bond donors (Lipinski definition) is 1. The van der Waals surface area contributed by atoms with Gasteiger partial charge in [0.05, 0.1) is 10.6 Å².